The molecule has 7 heteroatoms. The number of hydrogen-bond donors (Lipinski definition) is 1. The Morgan fingerprint density at radius 1 is 1.33 bits per heavy atom. The van der Waals surface area contributed by atoms with Gasteiger partial charge in [-0.2, -0.15) is 9.40 Å². The van der Waals surface area contributed by atoms with Crippen molar-refractivity contribution in [3.63, 3.8) is 0 Å². The third-order valence-electron chi connectivity index (χ3n) is 3.83. The Kier molecular flexibility index (Phi) is 3.54. The van der Waals surface area contributed by atoms with Crippen molar-refractivity contribution in [1.29, 1.82) is 0 Å². The van der Waals surface area contributed by atoms with Crippen LogP contribution in [0.3, 0.4) is 0 Å². The minimum atomic E-state index is -3.63. The average Bonchev–Trinajstić information content (AvgIpc) is 3.07. The van der Waals surface area contributed by atoms with Gasteiger partial charge in [-0.3, -0.25) is 5.10 Å². The first-order chi connectivity index (χ1) is 10.00. The molecule has 0 amide bonds. The van der Waals surface area contributed by atoms with Crippen molar-refractivity contribution in [3.05, 3.63) is 47.5 Å². The highest BCUT2D eigenvalue weighted by Crippen LogP contribution is 2.36. The summed E-state index contributed by atoms with van der Waals surface area (Å²) in [4.78, 5) is 0.118. The van der Waals surface area contributed by atoms with Gasteiger partial charge in [-0.1, -0.05) is 0 Å². The highest BCUT2D eigenvalue weighted by Gasteiger charge is 2.37. The summed E-state index contributed by atoms with van der Waals surface area (Å²) >= 11 is 0. The van der Waals surface area contributed by atoms with Crippen molar-refractivity contribution >= 4 is 10.0 Å². The molecular formula is C14H16FN3O2S. The van der Waals surface area contributed by atoms with Crippen molar-refractivity contribution < 1.29 is 12.8 Å². The second kappa shape index (κ2) is 5.23. The van der Waals surface area contributed by atoms with Gasteiger partial charge in [-0.05, 0) is 49.6 Å². The third kappa shape index (κ3) is 2.47. The lowest BCUT2D eigenvalue weighted by Gasteiger charge is -2.23. The Hall–Kier alpha value is -1.73. The lowest BCUT2D eigenvalue weighted by molar-refractivity contribution is 0.389. The maximum Gasteiger partial charge on any atom is 0.243 e. The van der Waals surface area contributed by atoms with Crippen LogP contribution in [0.15, 0.2) is 35.4 Å². The Morgan fingerprint density at radius 2 is 2.05 bits per heavy atom. The summed E-state index contributed by atoms with van der Waals surface area (Å²) in [6.07, 6.45) is 3.24. The van der Waals surface area contributed by atoms with Crippen LogP contribution in [0.2, 0.25) is 0 Å². The molecule has 1 aliphatic rings. The Labute approximate surface area is 122 Å². The van der Waals surface area contributed by atoms with E-state index in [1.807, 2.05) is 6.92 Å². The molecule has 1 aromatic carbocycles. The van der Waals surface area contributed by atoms with Gasteiger partial charge in [0, 0.05) is 6.54 Å². The van der Waals surface area contributed by atoms with Crippen LogP contribution in [0, 0.1) is 12.7 Å². The van der Waals surface area contributed by atoms with Gasteiger partial charge in [0.1, 0.15) is 5.82 Å². The summed E-state index contributed by atoms with van der Waals surface area (Å²) in [5, 5.41) is 6.86. The molecule has 0 aliphatic carbocycles. The van der Waals surface area contributed by atoms with Crippen LogP contribution in [0.1, 0.15) is 30.1 Å². The molecule has 0 spiro atoms. The number of aryl methyl sites for hydroxylation is 1. The number of sulfonamides is 1. The quantitative estimate of drug-likeness (QED) is 0.946. The number of benzene rings is 1. The van der Waals surface area contributed by atoms with E-state index in [-0.39, 0.29) is 10.9 Å². The molecule has 21 heavy (non-hydrogen) atoms. The molecule has 0 radical (unpaired) electrons. The smallest absolute Gasteiger partial charge is 0.243 e. The molecule has 1 aliphatic heterocycles. The van der Waals surface area contributed by atoms with E-state index in [1.54, 1.807) is 6.20 Å². The number of aromatic nitrogens is 2. The van der Waals surface area contributed by atoms with Crippen LogP contribution in [-0.2, 0) is 10.0 Å². The molecular weight excluding hydrogens is 293 g/mol. The highest BCUT2D eigenvalue weighted by molar-refractivity contribution is 7.89. The van der Waals surface area contributed by atoms with Gasteiger partial charge in [0.25, 0.3) is 0 Å². The van der Waals surface area contributed by atoms with Crippen molar-refractivity contribution in [2.24, 2.45) is 0 Å². The van der Waals surface area contributed by atoms with Gasteiger partial charge in [-0.25, -0.2) is 12.8 Å². The zero-order valence-corrected chi connectivity index (χ0v) is 12.4. The fourth-order valence-corrected chi connectivity index (χ4v) is 4.42. The lowest BCUT2D eigenvalue weighted by Crippen LogP contribution is -2.31. The average molecular weight is 309 g/mol. The molecule has 0 bridgehead atoms. The molecule has 1 unspecified atom stereocenters. The van der Waals surface area contributed by atoms with Crippen LogP contribution in [0.5, 0.6) is 0 Å². The normalized spacial score (nSPS) is 20.0. The number of nitrogens with one attached hydrogen (secondary N) is 1. The monoisotopic (exact) mass is 309 g/mol. The minimum absolute atomic E-state index is 0.118. The van der Waals surface area contributed by atoms with E-state index >= 15 is 0 Å². The summed E-state index contributed by atoms with van der Waals surface area (Å²) in [6, 6.07) is 4.71. The van der Waals surface area contributed by atoms with Crippen LogP contribution < -0.4 is 0 Å². The summed E-state index contributed by atoms with van der Waals surface area (Å²) in [5.74, 6) is -0.448. The molecule has 1 atom stereocenters. The zero-order valence-electron chi connectivity index (χ0n) is 11.6. The number of hydrogen-bond acceptors (Lipinski definition) is 3. The first-order valence-corrected chi connectivity index (χ1v) is 8.21. The molecule has 1 aromatic heterocycles. The predicted octanol–water partition coefficient (Wildman–Crippen LogP) is 2.38. The van der Waals surface area contributed by atoms with Crippen LogP contribution >= 0.6 is 0 Å². The predicted molar refractivity (Wildman–Crippen MR) is 75.6 cm³/mol. The highest BCUT2D eigenvalue weighted by atomic mass is 32.2. The number of aromatic amines is 1. The van der Waals surface area contributed by atoms with Crippen molar-refractivity contribution in [2.45, 2.75) is 30.7 Å². The van der Waals surface area contributed by atoms with Crippen LogP contribution in [0.25, 0.3) is 0 Å². The summed E-state index contributed by atoms with van der Waals surface area (Å²) in [7, 11) is -3.63. The van der Waals surface area contributed by atoms with E-state index in [4.69, 9.17) is 0 Å². The van der Waals surface area contributed by atoms with Crippen molar-refractivity contribution in [3.8, 4) is 0 Å². The molecule has 3 rings (SSSR count). The fraction of sp³-hybridized carbons (Fsp3) is 0.357. The van der Waals surface area contributed by atoms with E-state index in [0.29, 0.717) is 6.54 Å². The van der Waals surface area contributed by atoms with Gasteiger partial charge in [0.15, 0.2) is 0 Å². The molecule has 5 nitrogen and oxygen atoms in total. The van der Waals surface area contributed by atoms with Gasteiger partial charge >= 0.3 is 0 Å². The lowest BCUT2D eigenvalue weighted by atomic mass is 10.1. The molecule has 112 valence electrons. The van der Waals surface area contributed by atoms with Gasteiger partial charge < -0.3 is 0 Å². The first-order valence-electron chi connectivity index (χ1n) is 6.77. The van der Waals surface area contributed by atoms with E-state index in [1.165, 1.54) is 28.6 Å². The molecule has 2 aromatic rings. The molecule has 1 saturated heterocycles. The van der Waals surface area contributed by atoms with E-state index in [9.17, 15) is 12.8 Å². The number of nitrogens with zero attached hydrogens (tertiary/aromatic N) is 2. The second-order valence-electron chi connectivity index (χ2n) is 5.19. The fourth-order valence-electron chi connectivity index (χ4n) is 2.75. The third-order valence-corrected chi connectivity index (χ3v) is 5.75. The van der Waals surface area contributed by atoms with E-state index in [2.05, 4.69) is 10.2 Å². The maximum absolute atomic E-state index is 13.0. The Bertz CT molecular complexity index is 740. The first kappa shape index (κ1) is 14.2. The molecule has 1 N–H and O–H groups in total. The number of rotatable bonds is 3. The molecule has 1 fully saturated rings. The number of H-pyrrole nitrogens is 1. The van der Waals surface area contributed by atoms with Crippen LogP contribution in [-0.4, -0.2) is 29.5 Å². The zero-order chi connectivity index (χ0) is 15.0. The Morgan fingerprint density at radius 3 is 2.67 bits per heavy atom. The van der Waals surface area contributed by atoms with E-state index in [0.717, 1.165) is 24.1 Å². The SMILES string of the molecule is Cc1cn[nH]c1C1CCCN1S(=O)(=O)c1ccc(F)cc1. The Balaban J connectivity index is 1.98. The van der Waals surface area contributed by atoms with Gasteiger partial charge in [-0.15, -0.1) is 0 Å². The van der Waals surface area contributed by atoms with Gasteiger partial charge in [0.2, 0.25) is 10.0 Å². The summed E-state index contributed by atoms with van der Waals surface area (Å²) in [5.41, 5.74) is 1.78. The van der Waals surface area contributed by atoms with Crippen molar-refractivity contribution in [1.82, 2.24) is 14.5 Å². The van der Waals surface area contributed by atoms with E-state index < -0.39 is 15.8 Å². The van der Waals surface area contributed by atoms with Gasteiger partial charge in [0.05, 0.1) is 22.8 Å². The molecule has 2 heterocycles. The summed E-state index contributed by atoms with van der Waals surface area (Å²) in [6.45, 7) is 2.36. The minimum Gasteiger partial charge on any atom is -0.281 e. The maximum atomic E-state index is 13.0. The summed E-state index contributed by atoms with van der Waals surface area (Å²) < 4.78 is 39.9. The standard InChI is InChI=1S/C14H16FN3O2S/c1-10-9-16-17-14(10)13-3-2-8-18(13)21(19,20)12-6-4-11(15)5-7-12/h4-7,9,13H,2-3,8H2,1H3,(H,16,17). The topological polar surface area (TPSA) is 66.1 Å². The number of halogens is 1. The molecule has 0 saturated carbocycles. The van der Waals surface area contributed by atoms with Crippen molar-refractivity contribution in [2.75, 3.05) is 6.54 Å². The second-order valence-corrected chi connectivity index (χ2v) is 7.08. The van der Waals surface area contributed by atoms with Crippen LogP contribution in [0.4, 0.5) is 4.39 Å². The largest absolute Gasteiger partial charge is 0.281 e.